The lowest BCUT2D eigenvalue weighted by molar-refractivity contribution is 0.954. The summed E-state index contributed by atoms with van der Waals surface area (Å²) >= 11 is 1.88. The summed E-state index contributed by atoms with van der Waals surface area (Å²) in [5.74, 6) is 0.0355. The lowest BCUT2D eigenvalue weighted by Crippen LogP contribution is -2.16. The first-order chi connectivity index (χ1) is 31.7. The van der Waals surface area contributed by atoms with Crippen molar-refractivity contribution >= 4 is 59.9 Å². The van der Waals surface area contributed by atoms with Gasteiger partial charge in [0.1, 0.15) is 0 Å². The van der Waals surface area contributed by atoms with E-state index in [1.54, 1.807) is 0 Å². The summed E-state index contributed by atoms with van der Waals surface area (Å²) in [5, 5.41) is 2.61. The van der Waals surface area contributed by atoms with E-state index in [-0.39, 0.29) is 5.92 Å². The summed E-state index contributed by atoms with van der Waals surface area (Å²) in [7, 11) is 0. The average Bonchev–Trinajstić information content (AvgIpc) is 3.72. The molecule has 2 nitrogen and oxygen atoms in total. The molecule has 1 aliphatic rings. The molecule has 0 radical (unpaired) electrons. The van der Waals surface area contributed by atoms with Crippen LogP contribution in [-0.2, 0) is 6.42 Å². The molecule has 1 unspecified atom stereocenters. The summed E-state index contributed by atoms with van der Waals surface area (Å²) < 4.78 is 2.60. The number of hydrogen-bond donors (Lipinski definition) is 0. The van der Waals surface area contributed by atoms with Crippen molar-refractivity contribution in [3.63, 3.8) is 0 Å². The lowest BCUT2D eigenvalue weighted by Gasteiger charge is -2.28. The van der Waals surface area contributed by atoms with Gasteiger partial charge in [0.2, 0.25) is 0 Å². The molecule has 0 amide bonds. The van der Waals surface area contributed by atoms with E-state index in [2.05, 4.69) is 259 Å². The SMILES string of the molecule is CC1/C=C(N(c2ccccc2)c2ccccc2)\C=C/Cc2ccccc2-c2ccc(N(c3ccccc3)c3ccccc3)cc2-c2ccccc2-c2cc3sc4ccccc4c3cc21. The van der Waals surface area contributed by atoms with Gasteiger partial charge in [-0.15, -0.1) is 11.3 Å². The van der Waals surface area contributed by atoms with Gasteiger partial charge in [0.25, 0.3) is 0 Å². The monoisotopic (exact) mass is 838 g/mol. The number of thiophene rings is 1. The van der Waals surface area contributed by atoms with Gasteiger partial charge < -0.3 is 9.80 Å². The number of para-hydroxylation sites is 4. The molecular formula is C61H46N2S. The van der Waals surface area contributed by atoms with Crippen LogP contribution < -0.4 is 9.80 Å². The van der Waals surface area contributed by atoms with Gasteiger partial charge in [-0.1, -0.05) is 165 Å². The van der Waals surface area contributed by atoms with E-state index in [0.29, 0.717) is 0 Å². The zero-order chi connectivity index (χ0) is 42.8. The largest absolute Gasteiger partial charge is 0.311 e. The van der Waals surface area contributed by atoms with Crippen LogP contribution in [0, 0.1) is 0 Å². The molecule has 10 aromatic rings. The van der Waals surface area contributed by atoms with E-state index in [4.69, 9.17) is 0 Å². The summed E-state index contributed by atoms with van der Waals surface area (Å²) in [6.45, 7) is 2.37. The van der Waals surface area contributed by atoms with Gasteiger partial charge in [0, 0.05) is 60.2 Å². The molecule has 1 aromatic heterocycles. The maximum absolute atomic E-state index is 2.49. The van der Waals surface area contributed by atoms with Gasteiger partial charge in [-0.05, 0) is 136 Å². The summed E-state index contributed by atoms with van der Waals surface area (Å²) in [4.78, 5) is 4.77. The molecule has 0 saturated heterocycles. The summed E-state index contributed by atoms with van der Waals surface area (Å²) in [6, 6.07) is 81.9. The van der Waals surface area contributed by atoms with Gasteiger partial charge in [-0.3, -0.25) is 0 Å². The first kappa shape index (κ1) is 39.1. The molecule has 9 aromatic carbocycles. The van der Waals surface area contributed by atoms with E-state index in [0.717, 1.165) is 40.6 Å². The van der Waals surface area contributed by atoms with Crippen LogP contribution >= 0.6 is 11.3 Å². The third kappa shape index (κ3) is 7.40. The first-order valence-corrected chi connectivity index (χ1v) is 23.0. The standard InChI is InChI=1S/C61H46N2S/c1-43-39-49(62(45-23-6-2-7-24-45)46-25-8-3-9-26-46)31-20-22-44-21-14-15-32-51(44)54-38-37-50(63(47-27-10-4-11-28-47)48-29-12-5-13-30-48)40-57(54)52-33-16-17-34-53(52)58-42-61-59(41-56(43)58)55-35-18-19-36-60(55)64-61/h2-21,23-43H,22H2,1H3/b31-20-,49-39+. The van der Waals surface area contributed by atoms with Gasteiger partial charge in [-0.25, -0.2) is 0 Å². The molecule has 1 atom stereocenters. The number of benzene rings is 9. The van der Waals surface area contributed by atoms with Crippen molar-refractivity contribution in [1.82, 2.24) is 0 Å². The fourth-order valence-corrected chi connectivity index (χ4v) is 10.6. The van der Waals surface area contributed by atoms with Crippen molar-refractivity contribution in [3.05, 3.63) is 260 Å². The highest BCUT2D eigenvalue weighted by molar-refractivity contribution is 7.25. The second kappa shape index (κ2) is 17.2. The molecule has 0 N–H and O–H groups in total. The number of fused-ring (bicyclic) bond motifs is 10. The number of anilines is 5. The van der Waals surface area contributed by atoms with Gasteiger partial charge in [0.05, 0.1) is 0 Å². The average molecular weight is 839 g/mol. The Morgan fingerprint density at radius 2 is 0.906 bits per heavy atom. The smallest absolute Gasteiger partial charge is 0.0468 e. The van der Waals surface area contributed by atoms with Gasteiger partial charge in [0.15, 0.2) is 0 Å². The molecule has 64 heavy (non-hydrogen) atoms. The van der Waals surface area contributed by atoms with Crippen LogP contribution in [0.4, 0.5) is 28.4 Å². The molecule has 0 bridgehead atoms. The maximum atomic E-state index is 2.49. The van der Waals surface area contributed by atoms with Crippen LogP contribution in [0.5, 0.6) is 0 Å². The zero-order valence-electron chi connectivity index (χ0n) is 35.7. The van der Waals surface area contributed by atoms with E-state index in [9.17, 15) is 0 Å². The van der Waals surface area contributed by atoms with E-state index < -0.39 is 0 Å². The molecule has 306 valence electrons. The molecule has 0 saturated carbocycles. The molecule has 11 rings (SSSR count). The second-order valence-corrected chi connectivity index (χ2v) is 17.5. The second-order valence-electron chi connectivity index (χ2n) is 16.5. The van der Waals surface area contributed by atoms with E-state index in [1.165, 1.54) is 64.7 Å². The van der Waals surface area contributed by atoms with Crippen LogP contribution in [0.1, 0.15) is 24.0 Å². The minimum Gasteiger partial charge on any atom is -0.311 e. The third-order valence-electron chi connectivity index (χ3n) is 12.5. The topological polar surface area (TPSA) is 6.48 Å². The highest BCUT2D eigenvalue weighted by Crippen LogP contribution is 2.48. The van der Waals surface area contributed by atoms with Crippen LogP contribution in [0.15, 0.2) is 248 Å². The minimum atomic E-state index is 0.0355. The van der Waals surface area contributed by atoms with Crippen LogP contribution in [0.3, 0.4) is 0 Å². The Hall–Kier alpha value is -7.72. The minimum absolute atomic E-state index is 0.0355. The molecule has 3 heteroatoms. The molecular weight excluding hydrogens is 793 g/mol. The van der Waals surface area contributed by atoms with Crippen molar-refractivity contribution in [2.24, 2.45) is 0 Å². The summed E-state index contributed by atoms with van der Waals surface area (Å²) in [6.07, 6.45) is 7.93. The van der Waals surface area contributed by atoms with Crippen molar-refractivity contribution in [2.45, 2.75) is 19.3 Å². The quantitative estimate of drug-likeness (QED) is 0.165. The Balaban J connectivity index is 1.20. The predicted molar refractivity (Wildman–Crippen MR) is 275 cm³/mol. The molecule has 0 aliphatic heterocycles. The molecule has 1 heterocycles. The predicted octanol–water partition coefficient (Wildman–Crippen LogP) is 17.5. The highest BCUT2D eigenvalue weighted by Gasteiger charge is 2.24. The maximum Gasteiger partial charge on any atom is 0.0468 e. The Bertz CT molecular complexity index is 3230. The van der Waals surface area contributed by atoms with E-state index in [1.807, 2.05) is 11.3 Å². The van der Waals surface area contributed by atoms with Gasteiger partial charge in [-0.2, -0.15) is 0 Å². The fraction of sp³-hybridized carbons (Fsp3) is 0.0492. The summed E-state index contributed by atoms with van der Waals surface area (Å²) in [5.41, 5.74) is 16.6. The number of rotatable bonds is 6. The Kier molecular flexibility index (Phi) is 10.5. The van der Waals surface area contributed by atoms with Crippen molar-refractivity contribution in [3.8, 4) is 33.4 Å². The normalized spacial score (nSPS) is 14.8. The van der Waals surface area contributed by atoms with Gasteiger partial charge >= 0.3 is 0 Å². The Morgan fingerprint density at radius 3 is 1.55 bits per heavy atom. The number of hydrogen-bond acceptors (Lipinski definition) is 3. The van der Waals surface area contributed by atoms with Crippen molar-refractivity contribution in [1.29, 1.82) is 0 Å². The highest BCUT2D eigenvalue weighted by atomic mass is 32.1. The Labute approximate surface area is 380 Å². The third-order valence-corrected chi connectivity index (χ3v) is 13.6. The zero-order valence-corrected chi connectivity index (χ0v) is 36.5. The van der Waals surface area contributed by atoms with Crippen LogP contribution in [0.25, 0.3) is 53.6 Å². The Morgan fingerprint density at radius 1 is 0.391 bits per heavy atom. The van der Waals surface area contributed by atoms with Crippen molar-refractivity contribution < 1.29 is 0 Å². The molecule has 1 aliphatic carbocycles. The molecule has 0 fully saturated rings. The lowest BCUT2D eigenvalue weighted by atomic mass is 9.83. The van der Waals surface area contributed by atoms with Crippen molar-refractivity contribution in [2.75, 3.05) is 9.80 Å². The van der Waals surface area contributed by atoms with Crippen LogP contribution in [-0.4, -0.2) is 0 Å². The first-order valence-electron chi connectivity index (χ1n) is 22.1. The number of nitrogens with zero attached hydrogens (tertiary/aromatic N) is 2. The van der Waals surface area contributed by atoms with E-state index >= 15 is 0 Å². The fourth-order valence-electron chi connectivity index (χ4n) is 9.50. The van der Waals surface area contributed by atoms with Crippen LogP contribution in [0.2, 0.25) is 0 Å². The molecule has 0 spiro atoms. The number of allylic oxidation sites excluding steroid dienone is 3.